The Balaban J connectivity index is 2.00. The third-order valence-electron chi connectivity index (χ3n) is 4.29. The minimum absolute atomic E-state index is 0.0492. The van der Waals surface area contributed by atoms with Crippen molar-refractivity contribution < 1.29 is 4.79 Å². The highest BCUT2D eigenvalue weighted by Crippen LogP contribution is 2.23. The molecule has 0 bridgehead atoms. The van der Waals surface area contributed by atoms with E-state index < -0.39 is 0 Å². The van der Waals surface area contributed by atoms with Crippen molar-refractivity contribution in [1.29, 1.82) is 0 Å². The average molecular weight is 310 g/mol. The zero-order chi connectivity index (χ0) is 16.9. The van der Waals surface area contributed by atoms with Crippen molar-refractivity contribution in [2.24, 2.45) is 5.73 Å². The second kappa shape index (κ2) is 7.42. The zero-order valence-electron chi connectivity index (χ0n) is 14.2. The van der Waals surface area contributed by atoms with Crippen LogP contribution in [0.3, 0.4) is 0 Å². The average Bonchev–Trinajstić information content (AvgIpc) is 2.60. The summed E-state index contributed by atoms with van der Waals surface area (Å²) in [5.41, 5.74) is 9.71. The van der Waals surface area contributed by atoms with E-state index in [-0.39, 0.29) is 11.3 Å². The Kier molecular flexibility index (Phi) is 5.56. The van der Waals surface area contributed by atoms with E-state index in [2.05, 4.69) is 50.4 Å². The largest absolute Gasteiger partial charge is 0.351 e. The zero-order valence-corrected chi connectivity index (χ0v) is 14.2. The Bertz CT molecular complexity index is 642. The van der Waals surface area contributed by atoms with Crippen molar-refractivity contribution in [2.75, 3.05) is 6.54 Å². The van der Waals surface area contributed by atoms with Gasteiger partial charge in [-0.1, -0.05) is 57.2 Å². The van der Waals surface area contributed by atoms with Gasteiger partial charge in [-0.15, -0.1) is 0 Å². The van der Waals surface area contributed by atoms with Crippen LogP contribution in [0.2, 0.25) is 0 Å². The van der Waals surface area contributed by atoms with Gasteiger partial charge in [0.05, 0.1) is 0 Å². The summed E-state index contributed by atoms with van der Waals surface area (Å²) in [6.07, 6.45) is 1.04. The summed E-state index contributed by atoms with van der Waals surface area (Å²) in [4.78, 5) is 12.3. The predicted octanol–water partition coefficient (Wildman–Crippen LogP) is 3.42. The quantitative estimate of drug-likeness (QED) is 0.859. The van der Waals surface area contributed by atoms with Gasteiger partial charge in [0.2, 0.25) is 0 Å². The van der Waals surface area contributed by atoms with E-state index in [1.165, 1.54) is 11.1 Å². The number of carbonyl (C=O) groups excluding carboxylic acids is 1. The standard InChI is InChI=1S/C20H26N2O/c1-4-15-7-11-18(12-8-15)20(2,3)14-22-19(23)17-9-5-16(13-21)6-10-17/h5-12H,4,13-14,21H2,1-3H3,(H,22,23). The fourth-order valence-electron chi connectivity index (χ4n) is 2.49. The van der Waals surface area contributed by atoms with Gasteiger partial charge in [-0.25, -0.2) is 0 Å². The maximum Gasteiger partial charge on any atom is 0.251 e. The summed E-state index contributed by atoms with van der Waals surface area (Å²) in [6, 6.07) is 16.0. The number of rotatable bonds is 6. The van der Waals surface area contributed by atoms with Crippen molar-refractivity contribution in [3.05, 3.63) is 70.8 Å². The van der Waals surface area contributed by atoms with Crippen LogP contribution in [0.15, 0.2) is 48.5 Å². The lowest BCUT2D eigenvalue weighted by molar-refractivity contribution is 0.0945. The molecule has 0 aliphatic carbocycles. The number of nitrogens with one attached hydrogen (secondary N) is 1. The van der Waals surface area contributed by atoms with E-state index in [1.807, 2.05) is 24.3 Å². The van der Waals surface area contributed by atoms with Crippen LogP contribution in [-0.4, -0.2) is 12.5 Å². The summed E-state index contributed by atoms with van der Waals surface area (Å²) in [7, 11) is 0. The van der Waals surface area contributed by atoms with Gasteiger partial charge in [-0.05, 0) is 35.2 Å². The number of amides is 1. The molecule has 0 saturated heterocycles. The second-order valence-electron chi connectivity index (χ2n) is 6.52. The molecule has 122 valence electrons. The van der Waals surface area contributed by atoms with Crippen LogP contribution in [0.25, 0.3) is 0 Å². The number of hydrogen-bond donors (Lipinski definition) is 2. The molecule has 0 atom stereocenters. The van der Waals surface area contributed by atoms with Gasteiger partial charge in [-0.2, -0.15) is 0 Å². The van der Waals surface area contributed by atoms with Gasteiger partial charge in [0.15, 0.2) is 0 Å². The number of carbonyl (C=O) groups is 1. The van der Waals surface area contributed by atoms with Crippen molar-refractivity contribution in [3.8, 4) is 0 Å². The normalized spacial score (nSPS) is 11.3. The molecule has 2 rings (SSSR count). The molecule has 3 heteroatoms. The Morgan fingerprint density at radius 2 is 1.57 bits per heavy atom. The lowest BCUT2D eigenvalue weighted by atomic mass is 9.84. The highest BCUT2D eigenvalue weighted by Gasteiger charge is 2.21. The molecule has 1 amide bonds. The first-order valence-corrected chi connectivity index (χ1v) is 8.13. The molecule has 3 N–H and O–H groups in total. The van der Waals surface area contributed by atoms with Crippen LogP contribution < -0.4 is 11.1 Å². The topological polar surface area (TPSA) is 55.1 Å². The Labute approximate surface area is 138 Å². The van der Waals surface area contributed by atoms with Crippen LogP contribution in [0, 0.1) is 0 Å². The summed E-state index contributed by atoms with van der Waals surface area (Å²) < 4.78 is 0. The van der Waals surface area contributed by atoms with E-state index in [4.69, 9.17) is 5.73 Å². The highest BCUT2D eigenvalue weighted by atomic mass is 16.1. The fraction of sp³-hybridized carbons (Fsp3) is 0.350. The van der Waals surface area contributed by atoms with E-state index in [9.17, 15) is 4.79 Å². The van der Waals surface area contributed by atoms with Gasteiger partial charge in [0.25, 0.3) is 5.91 Å². The molecule has 0 radical (unpaired) electrons. The SMILES string of the molecule is CCc1ccc(C(C)(C)CNC(=O)c2ccc(CN)cc2)cc1. The number of benzene rings is 2. The molecule has 2 aromatic carbocycles. The van der Waals surface area contributed by atoms with Gasteiger partial charge in [0, 0.05) is 24.1 Å². The van der Waals surface area contributed by atoms with Gasteiger partial charge in [-0.3, -0.25) is 4.79 Å². The molecule has 0 heterocycles. The van der Waals surface area contributed by atoms with Crippen LogP contribution in [0.4, 0.5) is 0 Å². The van der Waals surface area contributed by atoms with Crippen LogP contribution in [0.1, 0.15) is 47.8 Å². The molecular formula is C20H26N2O. The predicted molar refractivity (Wildman–Crippen MR) is 95.5 cm³/mol. The van der Waals surface area contributed by atoms with Crippen molar-refractivity contribution in [1.82, 2.24) is 5.32 Å². The third-order valence-corrected chi connectivity index (χ3v) is 4.29. The van der Waals surface area contributed by atoms with Gasteiger partial charge >= 0.3 is 0 Å². The summed E-state index contributed by atoms with van der Waals surface area (Å²) in [6.45, 7) is 7.52. The van der Waals surface area contributed by atoms with Crippen molar-refractivity contribution in [3.63, 3.8) is 0 Å². The van der Waals surface area contributed by atoms with E-state index in [0.29, 0.717) is 18.7 Å². The maximum absolute atomic E-state index is 12.3. The summed E-state index contributed by atoms with van der Waals surface area (Å²) >= 11 is 0. The minimum atomic E-state index is -0.112. The molecule has 0 spiro atoms. The van der Waals surface area contributed by atoms with Gasteiger partial charge in [0.1, 0.15) is 0 Å². The number of hydrogen-bond acceptors (Lipinski definition) is 2. The van der Waals surface area contributed by atoms with Crippen LogP contribution in [-0.2, 0) is 18.4 Å². The molecule has 0 aromatic heterocycles. The second-order valence-corrected chi connectivity index (χ2v) is 6.52. The van der Waals surface area contributed by atoms with Crippen molar-refractivity contribution >= 4 is 5.91 Å². The molecule has 2 aromatic rings. The molecule has 0 aliphatic rings. The Hall–Kier alpha value is -2.13. The summed E-state index contributed by atoms with van der Waals surface area (Å²) in [5.74, 6) is -0.0492. The van der Waals surface area contributed by atoms with E-state index >= 15 is 0 Å². The molecule has 3 nitrogen and oxygen atoms in total. The van der Waals surface area contributed by atoms with Gasteiger partial charge < -0.3 is 11.1 Å². The van der Waals surface area contributed by atoms with Crippen LogP contribution in [0.5, 0.6) is 0 Å². The first-order chi connectivity index (χ1) is 11.0. The third kappa shape index (κ3) is 4.42. The van der Waals surface area contributed by atoms with E-state index in [0.717, 1.165) is 12.0 Å². The molecule has 23 heavy (non-hydrogen) atoms. The first kappa shape index (κ1) is 17.2. The molecular weight excluding hydrogens is 284 g/mol. The van der Waals surface area contributed by atoms with Crippen LogP contribution >= 0.6 is 0 Å². The fourth-order valence-corrected chi connectivity index (χ4v) is 2.49. The number of nitrogens with two attached hydrogens (primary N) is 1. The monoisotopic (exact) mass is 310 g/mol. The van der Waals surface area contributed by atoms with Crippen molar-refractivity contribution in [2.45, 2.75) is 39.2 Å². The lowest BCUT2D eigenvalue weighted by Gasteiger charge is -2.26. The molecule has 0 aliphatic heterocycles. The highest BCUT2D eigenvalue weighted by molar-refractivity contribution is 5.94. The first-order valence-electron chi connectivity index (χ1n) is 8.13. The van der Waals surface area contributed by atoms with E-state index in [1.54, 1.807) is 0 Å². The molecule has 0 saturated carbocycles. The smallest absolute Gasteiger partial charge is 0.251 e. The summed E-state index contributed by atoms with van der Waals surface area (Å²) in [5, 5.41) is 3.03. The minimum Gasteiger partial charge on any atom is -0.351 e. The maximum atomic E-state index is 12.3. The Morgan fingerprint density at radius 3 is 2.09 bits per heavy atom. The molecule has 0 fully saturated rings. The lowest BCUT2D eigenvalue weighted by Crippen LogP contribution is -2.36. The molecule has 0 unspecified atom stereocenters. The Morgan fingerprint density at radius 1 is 1.00 bits per heavy atom. The number of aryl methyl sites for hydroxylation is 1.